The Morgan fingerprint density at radius 2 is 1.56 bits per heavy atom. The molecule has 6 nitrogen and oxygen atoms in total. The zero-order valence-corrected chi connectivity index (χ0v) is 15.0. The van der Waals surface area contributed by atoms with Crippen molar-refractivity contribution in [3.63, 3.8) is 0 Å². The van der Waals surface area contributed by atoms with E-state index in [4.69, 9.17) is 5.73 Å². The summed E-state index contributed by atoms with van der Waals surface area (Å²) in [5.41, 5.74) is 5.57. The maximum absolute atomic E-state index is 12.3. The van der Waals surface area contributed by atoms with Crippen molar-refractivity contribution in [2.75, 3.05) is 11.4 Å². The Labute approximate surface area is 149 Å². The average Bonchev–Trinajstić information content (AvgIpc) is 2.55. The van der Waals surface area contributed by atoms with Gasteiger partial charge in [-0.15, -0.1) is 0 Å². The number of anilines is 1. The number of hydrogen-bond donors (Lipinski definition) is 3. The van der Waals surface area contributed by atoms with E-state index < -0.39 is 11.8 Å². The first-order valence-electron chi connectivity index (χ1n) is 9.06. The highest BCUT2D eigenvalue weighted by atomic mass is 16.3. The number of nitrogens with two attached hydrogens (primary N) is 1. The van der Waals surface area contributed by atoms with Crippen LogP contribution in [0.4, 0.5) is 5.69 Å². The summed E-state index contributed by atoms with van der Waals surface area (Å²) in [6.45, 7) is 2.64. The summed E-state index contributed by atoms with van der Waals surface area (Å²) in [5, 5.41) is 19.1. The van der Waals surface area contributed by atoms with Gasteiger partial charge in [0.2, 0.25) is 11.8 Å². The van der Waals surface area contributed by atoms with Crippen molar-refractivity contribution in [1.82, 2.24) is 0 Å². The van der Waals surface area contributed by atoms with Gasteiger partial charge in [-0.05, 0) is 18.6 Å². The van der Waals surface area contributed by atoms with Gasteiger partial charge in [-0.1, -0.05) is 51.9 Å². The Balaban J connectivity index is 2.56. The van der Waals surface area contributed by atoms with Gasteiger partial charge in [-0.25, -0.2) is 0 Å². The van der Waals surface area contributed by atoms with Gasteiger partial charge < -0.3 is 20.8 Å². The number of primary amides is 1. The molecule has 140 valence electrons. The predicted molar refractivity (Wildman–Crippen MR) is 98.5 cm³/mol. The number of carbonyl (C=O) groups is 2. The van der Waals surface area contributed by atoms with E-state index >= 15 is 0 Å². The number of aromatic hydroxyl groups is 2. The predicted octanol–water partition coefficient (Wildman–Crippen LogP) is 3.45. The molecule has 0 fully saturated rings. The molecule has 0 aromatic heterocycles. The van der Waals surface area contributed by atoms with Gasteiger partial charge in [-0.3, -0.25) is 9.59 Å². The SMILES string of the molecule is CCCCCCCCCCN(C(=O)CC(N)=O)c1ccc(O)c(O)c1. The summed E-state index contributed by atoms with van der Waals surface area (Å²) in [7, 11) is 0. The number of phenolic OH excluding ortho intramolecular Hbond substituents is 2. The molecule has 2 amide bonds. The summed E-state index contributed by atoms with van der Waals surface area (Å²) >= 11 is 0. The van der Waals surface area contributed by atoms with E-state index in [1.54, 1.807) is 6.07 Å². The molecule has 4 N–H and O–H groups in total. The molecule has 25 heavy (non-hydrogen) atoms. The zero-order valence-electron chi connectivity index (χ0n) is 15.0. The van der Waals surface area contributed by atoms with E-state index in [-0.39, 0.29) is 17.9 Å². The van der Waals surface area contributed by atoms with Gasteiger partial charge in [0.1, 0.15) is 6.42 Å². The van der Waals surface area contributed by atoms with E-state index in [1.165, 1.54) is 49.1 Å². The number of rotatable bonds is 12. The molecular weight excluding hydrogens is 320 g/mol. The second kappa shape index (κ2) is 11.3. The molecule has 0 aliphatic rings. The number of nitrogens with zero attached hydrogens (tertiary/aromatic N) is 1. The van der Waals surface area contributed by atoms with Crippen molar-refractivity contribution in [3.8, 4) is 11.5 Å². The first kappa shape index (κ1) is 20.8. The lowest BCUT2D eigenvalue weighted by Gasteiger charge is -2.23. The molecule has 0 bridgehead atoms. The van der Waals surface area contributed by atoms with E-state index in [1.807, 2.05) is 0 Å². The van der Waals surface area contributed by atoms with Crippen LogP contribution in [0.25, 0.3) is 0 Å². The second-order valence-corrected chi connectivity index (χ2v) is 6.34. The van der Waals surface area contributed by atoms with Gasteiger partial charge in [0.05, 0.1) is 0 Å². The second-order valence-electron chi connectivity index (χ2n) is 6.34. The Kier molecular flexibility index (Phi) is 9.43. The Morgan fingerprint density at radius 3 is 2.12 bits per heavy atom. The van der Waals surface area contributed by atoms with Gasteiger partial charge in [0, 0.05) is 18.3 Å². The molecule has 0 unspecified atom stereocenters. The Morgan fingerprint density at radius 1 is 0.960 bits per heavy atom. The van der Waals surface area contributed by atoms with Gasteiger partial charge in [0.25, 0.3) is 0 Å². The normalized spacial score (nSPS) is 10.6. The standard InChI is InChI=1S/C19H30N2O4/c1-2-3-4-5-6-7-8-9-12-21(19(25)14-18(20)24)15-10-11-16(22)17(23)13-15/h10-11,13,22-23H,2-9,12,14H2,1H3,(H2,20,24). The highest BCUT2D eigenvalue weighted by molar-refractivity contribution is 6.04. The van der Waals surface area contributed by atoms with E-state index in [0.717, 1.165) is 19.3 Å². The minimum absolute atomic E-state index is 0.252. The van der Waals surface area contributed by atoms with Crippen LogP contribution in [0.5, 0.6) is 11.5 Å². The van der Waals surface area contributed by atoms with E-state index in [0.29, 0.717) is 12.2 Å². The van der Waals surface area contributed by atoms with Crippen molar-refractivity contribution >= 4 is 17.5 Å². The minimum atomic E-state index is -0.686. The molecule has 1 aromatic rings. The molecular formula is C19H30N2O4. The lowest BCUT2D eigenvalue weighted by atomic mass is 10.1. The molecule has 0 aliphatic carbocycles. The Hall–Kier alpha value is -2.24. The van der Waals surface area contributed by atoms with Crippen LogP contribution in [0.1, 0.15) is 64.7 Å². The lowest BCUT2D eigenvalue weighted by Crippen LogP contribution is -2.34. The summed E-state index contributed by atoms with van der Waals surface area (Å²) in [6, 6.07) is 4.18. The Bertz CT molecular complexity index is 560. The third-order valence-electron chi connectivity index (χ3n) is 4.13. The van der Waals surface area contributed by atoms with Crippen LogP contribution in [0, 0.1) is 0 Å². The van der Waals surface area contributed by atoms with Crippen molar-refractivity contribution < 1.29 is 19.8 Å². The fraction of sp³-hybridized carbons (Fsp3) is 0.579. The molecule has 1 rings (SSSR count). The van der Waals surface area contributed by atoms with Crippen LogP contribution in [-0.4, -0.2) is 28.6 Å². The maximum atomic E-state index is 12.3. The fourth-order valence-corrected chi connectivity index (χ4v) is 2.73. The molecule has 0 atom stereocenters. The van der Waals surface area contributed by atoms with Crippen molar-refractivity contribution in [2.24, 2.45) is 5.73 Å². The summed E-state index contributed by atoms with van der Waals surface area (Å²) in [5.74, 6) is -1.64. The van der Waals surface area contributed by atoms with Crippen molar-refractivity contribution in [1.29, 1.82) is 0 Å². The molecule has 6 heteroatoms. The number of amides is 2. The van der Waals surface area contributed by atoms with E-state index in [2.05, 4.69) is 6.92 Å². The first-order valence-corrected chi connectivity index (χ1v) is 9.06. The summed E-state index contributed by atoms with van der Waals surface area (Å²) in [6.07, 6.45) is 8.75. The highest BCUT2D eigenvalue weighted by Gasteiger charge is 2.18. The smallest absolute Gasteiger partial charge is 0.236 e. The van der Waals surface area contributed by atoms with Crippen LogP contribution in [0.2, 0.25) is 0 Å². The topological polar surface area (TPSA) is 104 Å². The quantitative estimate of drug-likeness (QED) is 0.305. The van der Waals surface area contributed by atoms with Crippen LogP contribution in [0.15, 0.2) is 18.2 Å². The first-order chi connectivity index (χ1) is 12.0. The van der Waals surface area contributed by atoms with Gasteiger partial charge in [-0.2, -0.15) is 0 Å². The highest BCUT2D eigenvalue weighted by Crippen LogP contribution is 2.30. The number of hydrogen-bond acceptors (Lipinski definition) is 4. The van der Waals surface area contributed by atoms with Crippen LogP contribution < -0.4 is 10.6 Å². The molecule has 0 saturated carbocycles. The molecule has 0 radical (unpaired) electrons. The molecule has 0 aliphatic heterocycles. The number of phenols is 2. The lowest BCUT2D eigenvalue weighted by molar-refractivity contribution is -0.126. The van der Waals surface area contributed by atoms with Crippen LogP contribution >= 0.6 is 0 Å². The number of unbranched alkanes of at least 4 members (excludes halogenated alkanes) is 7. The molecule has 0 spiro atoms. The third-order valence-corrected chi connectivity index (χ3v) is 4.13. The van der Waals surface area contributed by atoms with E-state index in [9.17, 15) is 19.8 Å². The fourth-order valence-electron chi connectivity index (χ4n) is 2.73. The molecule has 0 heterocycles. The molecule has 1 aromatic carbocycles. The molecule has 0 saturated heterocycles. The summed E-state index contributed by atoms with van der Waals surface area (Å²) in [4.78, 5) is 24.8. The number of benzene rings is 1. The maximum Gasteiger partial charge on any atom is 0.236 e. The average molecular weight is 350 g/mol. The van der Waals surface area contributed by atoms with Gasteiger partial charge >= 0.3 is 0 Å². The van der Waals surface area contributed by atoms with Crippen molar-refractivity contribution in [3.05, 3.63) is 18.2 Å². The monoisotopic (exact) mass is 350 g/mol. The van der Waals surface area contributed by atoms with Crippen molar-refractivity contribution in [2.45, 2.75) is 64.7 Å². The minimum Gasteiger partial charge on any atom is -0.504 e. The third kappa shape index (κ3) is 7.92. The van der Waals surface area contributed by atoms with Crippen LogP contribution in [0.3, 0.4) is 0 Å². The number of carbonyl (C=O) groups excluding carboxylic acids is 2. The van der Waals surface area contributed by atoms with Crippen LogP contribution in [-0.2, 0) is 9.59 Å². The van der Waals surface area contributed by atoms with Gasteiger partial charge in [0.15, 0.2) is 11.5 Å². The largest absolute Gasteiger partial charge is 0.504 e. The zero-order chi connectivity index (χ0) is 18.7. The summed E-state index contributed by atoms with van der Waals surface area (Å²) < 4.78 is 0.